The Labute approximate surface area is 216 Å². The molecular formula is C29H31N3O5. The minimum absolute atomic E-state index is 0.0806. The lowest BCUT2D eigenvalue weighted by molar-refractivity contribution is -0.137. The predicted octanol–water partition coefficient (Wildman–Crippen LogP) is 4.27. The van der Waals surface area contributed by atoms with E-state index in [2.05, 4.69) is 35.2 Å². The first-order valence-electron chi connectivity index (χ1n) is 12.9. The van der Waals surface area contributed by atoms with Crippen LogP contribution in [0.15, 0.2) is 36.4 Å². The van der Waals surface area contributed by atoms with Crippen LogP contribution < -0.4 is 14.4 Å². The van der Waals surface area contributed by atoms with E-state index in [1.54, 1.807) is 0 Å². The number of morpholine rings is 1. The standard InChI is InChI=1S/C29H31N3O5/c1-17-27(18(2)31-29(30-17)32-8-10-35-11-9-32)24-5-3-4-23-20(16-37-28(23)24)12-19-6-7-22-21(14-26(33)34)15-36-25(22)13-19/h3-7,13,20-21H,8-12,14-16H2,1-2H3,(H,33,34)/t20-,21-/m1/s1. The van der Waals surface area contributed by atoms with Gasteiger partial charge in [0.1, 0.15) is 11.5 Å². The van der Waals surface area contributed by atoms with Crippen molar-refractivity contribution in [3.05, 3.63) is 64.5 Å². The Bertz CT molecular complexity index is 1330. The Morgan fingerprint density at radius 2 is 1.76 bits per heavy atom. The van der Waals surface area contributed by atoms with Crippen molar-refractivity contribution in [2.24, 2.45) is 0 Å². The number of anilines is 1. The number of aromatic nitrogens is 2. The number of para-hydroxylation sites is 1. The minimum Gasteiger partial charge on any atom is -0.493 e. The number of hydrogen-bond donors (Lipinski definition) is 1. The summed E-state index contributed by atoms with van der Waals surface area (Å²) in [6.07, 6.45) is 0.913. The van der Waals surface area contributed by atoms with Gasteiger partial charge in [-0.15, -0.1) is 0 Å². The number of rotatable bonds is 6. The van der Waals surface area contributed by atoms with Crippen LogP contribution in [0.2, 0.25) is 0 Å². The largest absolute Gasteiger partial charge is 0.493 e. The van der Waals surface area contributed by atoms with Crippen molar-refractivity contribution in [1.29, 1.82) is 0 Å². The van der Waals surface area contributed by atoms with Crippen LogP contribution in [-0.2, 0) is 16.0 Å². The molecule has 37 heavy (non-hydrogen) atoms. The summed E-state index contributed by atoms with van der Waals surface area (Å²) in [5, 5.41) is 9.17. The molecule has 0 bridgehead atoms. The van der Waals surface area contributed by atoms with Crippen LogP contribution >= 0.6 is 0 Å². The molecule has 2 aromatic carbocycles. The van der Waals surface area contributed by atoms with Gasteiger partial charge in [0, 0.05) is 47.2 Å². The van der Waals surface area contributed by atoms with Gasteiger partial charge in [0.25, 0.3) is 0 Å². The van der Waals surface area contributed by atoms with E-state index in [-0.39, 0.29) is 18.3 Å². The fourth-order valence-corrected chi connectivity index (χ4v) is 5.78. The maximum absolute atomic E-state index is 11.2. The molecule has 4 heterocycles. The molecule has 1 fully saturated rings. The lowest BCUT2D eigenvalue weighted by Crippen LogP contribution is -2.37. The summed E-state index contributed by atoms with van der Waals surface area (Å²) in [5.74, 6) is 1.83. The van der Waals surface area contributed by atoms with E-state index >= 15 is 0 Å². The van der Waals surface area contributed by atoms with E-state index in [0.717, 1.165) is 70.6 Å². The highest BCUT2D eigenvalue weighted by atomic mass is 16.5. The number of ether oxygens (including phenoxy) is 3. The summed E-state index contributed by atoms with van der Waals surface area (Å²) in [6.45, 7) is 8.12. The number of hydrogen-bond acceptors (Lipinski definition) is 7. The molecule has 0 aliphatic carbocycles. The molecule has 0 saturated carbocycles. The Morgan fingerprint density at radius 3 is 2.51 bits per heavy atom. The molecule has 0 radical (unpaired) electrons. The molecule has 3 aliphatic heterocycles. The SMILES string of the molecule is Cc1nc(N2CCOCC2)nc(C)c1-c1cccc2c1OC[C@H]2Cc1ccc2c(c1)OC[C@H]2CC(=O)O. The van der Waals surface area contributed by atoms with Crippen LogP contribution in [0.1, 0.15) is 46.3 Å². The van der Waals surface area contributed by atoms with Crippen LogP contribution in [0.25, 0.3) is 11.1 Å². The van der Waals surface area contributed by atoms with Crippen molar-refractivity contribution in [2.75, 3.05) is 44.4 Å². The van der Waals surface area contributed by atoms with E-state index in [0.29, 0.717) is 26.4 Å². The molecule has 1 saturated heterocycles. The van der Waals surface area contributed by atoms with E-state index in [1.165, 1.54) is 5.56 Å². The lowest BCUT2D eigenvalue weighted by atomic mass is 9.89. The number of aryl methyl sites for hydroxylation is 2. The van der Waals surface area contributed by atoms with Gasteiger partial charge in [0.15, 0.2) is 0 Å². The Balaban J connectivity index is 1.25. The molecule has 0 spiro atoms. The normalized spacial score (nSPS) is 20.2. The zero-order valence-electron chi connectivity index (χ0n) is 21.2. The van der Waals surface area contributed by atoms with Gasteiger partial charge in [-0.1, -0.05) is 30.3 Å². The van der Waals surface area contributed by atoms with Gasteiger partial charge in [-0.3, -0.25) is 4.79 Å². The molecule has 1 N–H and O–H groups in total. The minimum atomic E-state index is -0.798. The quantitative estimate of drug-likeness (QED) is 0.535. The molecule has 0 unspecified atom stereocenters. The summed E-state index contributed by atoms with van der Waals surface area (Å²) in [6, 6.07) is 12.5. The second kappa shape index (κ2) is 9.67. The summed E-state index contributed by atoms with van der Waals surface area (Å²) in [7, 11) is 0. The van der Waals surface area contributed by atoms with Crippen molar-refractivity contribution in [3.63, 3.8) is 0 Å². The van der Waals surface area contributed by atoms with Crippen LogP contribution in [0.4, 0.5) is 5.95 Å². The van der Waals surface area contributed by atoms with Crippen LogP contribution in [-0.4, -0.2) is 60.6 Å². The number of nitrogens with zero attached hydrogens (tertiary/aromatic N) is 3. The highest BCUT2D eigenvalue weighted by Gasteiger charge is 2.30. The maximum atomic E-state index is 11.2. The molecule has 3 aliphatic rings. The molecule has 3 aromatic rings. The predicted molar refractivity (Wildman–Crippen MR) is 139 cm³/mol. The summed E-state index contributed by atoms with van der Waals surface area (Å²) in [4.78, 5) is 23.0. The van der Waals surface area contributed by atoms with Gasteiger partial charge in [-0.2, -0.15) is 0 Å². The van der Waals surface area contributed by atoms with Gasteiger partial charge in [0.2, 0.25) is 5.95 Å². The molecule has 1 aromatic heterocycles. The zero-order valence-corrected chi connectivity index (χ0v) is 21.2. The summed E-state index contributed by atoms with van der Waals surface area (Å²) in [5.41, 5.74) is 7.30. The van der Waals surface area contributed by atoms with Gasteiger partial charge < -0.3 is 24.2 Å². The molecule has 8 nitrogen and oxygen atoms in total. The van der Waals surface area contributed by atoms with E-state index in [1.807, 2.05) is 19.9 Å². The third-order valence-corrected chi connectivity index (χ3v) is 7.60. The fourth-order valence-electron chi connectivity index (χ4n) is 5.78. The smallest absolute Gasteiger partial charge is 0.304 e. The zero-order chi connectivity index (χ0) is 25.5. The molecule has 2 atom stereocenters. The topological polar surface area (TPSA) is 94.0 Å². The van der Waals surface area contributed by atoms with E-state index < -0.39 is 5.97 Å². The van der Waals surface area contributed by atoms with Gasteiger partial charge in [-0.25, -0.2) is 9.97 Å². The number of aliphatic carboxylic acids is 1. The van der Waals surface area contributed by atoms with Crippen molar-refractivity contribution < 1.29 is 24.1 Å². The number of carbonyl (C=O) groups is 1. The Kier molecular flexibility index (Phi) is 6.20. The second-order valence-electron chi connectivity index (χ2n) is 10.1. The first-order chi connectivity index (χ1) is 18.0. The summed E-state index contributed by atoms with van der Waals surface area (Å²) >= 11 is 0. The van der Waals surface area contributed by atoms with Gasteiger partial charge in [0.05, 0.1) is 44.2 Å². The lowest BCUT2D eigenvalue weighted by Gasteiger charge is -2.27. The monoisotopic (exact) mass is 501 g/mol. The molecule has 0 amide bonds. The van der Waals surface area contributed by atoms with Crippen molar-refractivity contribution >= 4 is 11.9 Å². The van der Waals surface area contributed by atoms with Crippen LogP contribution in [0.5, 0.6) is 11.5 Å². The molecule has 8 heteroatoms. The van der Waals surface area contributed by atoms with Gasteiger partial charge in [-0.05, 0) is 31.9 Å². The van der Waals surface area contributed by atoms with Crippen molar-refractivity contribution in [1.82, 2.24) is 9.97 Å². The van der Waals surface area contributed by atoms with Crippen LogP contribution in [0, 0.1) is 13.8 Å². The first kappa shape index (κ1) is 23.7. The third-order valence-electron chi connectivity index (χ3n) is 7.60. The molecule has 6 rings (SSSR count). The highest BCUT2D eigenvalue weighted by Crippen LogP contribution is 2.45. The van der Waals surface area contributed by atoms with Crippen molar-refractivity contribution in [2.45, 2.75) is 38.5 Å². The van der Waals surface area contributed by atoms with E-state index in [9.17, 15) is 4.79 Å². The number of carboxylic acid groups (broad SMARTS) is 1. The second-order valence-corrected chi connectivity index (χ2v) is 10.1. The molecular weight excluding hydrogens is 470 g/mol. The van der Waals surface area contributed by atoms with Gasteiger partial charge >= 0.3 is 5.97 Å². The average Bonchev–Trinajstić information content (AvgIpc) is 3.48. The number of carboxylic acids is 1. The number of fused-ring (bicyclic) bond motifs is 2. The van der Waals surface area contributed by atoms with E-state index in [4.69, 9.17) is 29.3 Å². The first-order valence-corrected chi connectivity index (χ1v) is 12.9. The Morgan fingerprint density at radius 1 is 1.00 bits per heavy atom. The fraction of sp³-hybridized carbons (Fsp3) is 0.414. The average molecular weight is 502 g/mol. The maximum Gasteiger partial charge on any atom is 0.304 e. The van der Waals surface area contributed by atoms with Crippen molar-refractivity contribution in [3.8, 4) is 22.6 Å². The summed E-state index contributed by atoms with van der Waals surface area (Å²) < 4.78 is 17.6. The third kappa shape index (κ3) is 4.50. The molecule has 192 valence electrons. The highest BCUT2D eigenvalue weighted by molar-refractivity contribution is 5.77. The van der Waals surface area contributed by atoms with Crippen LogP contribution in [0.3, 0.4) is 0 Å². The Hall–Kier alpha value is -3.65. The number of benzene rings is 2.